The van der Waals surface area contributed by atoms with Crippen LogP contribution in [-0.2, 0) is 14.4 Å². The van der Waals surface area contributed by atoms with Crippen molar-refractivity contribution < 1.29 is 18.9 Å². The van der Waals surface area contributed by atoms with Crippen molar-refractivity contribution in [1.29, 1.82) is 0 Å². The van der Waals surface area contributed by atoms with Crippen LogP contribution in [0.1, 0.15) is 26.7 Å². The molecule has 2 unspecified atom stereocenters. The second-order valence-corrected chi connectivity index (χ2v) is 6.42. The van der Waals surface area contributed by atoms with Crippen LogP contribution in [0.25, 0.3) is 0 Å². The highest BCUT2D eigenvalue weighted by atomic mass is 16.2. The number of amides is 3. The lowest BCUT2D eigenvalue weighted by Crippen LogP contribution is -2.58. The SMILES string of the molecule is CC(C)[N+]1(CC(=O)Nc2ccccc2)CCC(CC(N)=O)C1=O. The highest BCUT2D eigenvalue weighted by Crippen LogP contribution is 2.31. The van der Waals surface area contributed by atoms with Gasteiger partial charge in [0, 0.05) is 18.5 Å². The maximum absolute atomic E-state index is 12.8. The molecule has 0 saturated carbocycles. The van der Waals surface area contributed by atoms with Gasteiger partial charge in [0.2, 0.25) is 5.91 Å². The van der Waals surface area contributed by atoms with Gasteiger partial charge >= 0.3 is 5.91 Å². The van der Waals surface area contributed by atoms with E-state index in [1.807, 2.05) is 32.0 Å². The maximum Gasteiger partial charge on any atom is 0.318 e. The first-order valence-corrected chi connectivity index (χ1v) is 7.89. The van der Waals surface area contributed by atoms with Gasteiger partial charge in [-0.3, -0.25) is 14.1 Å². The maximum atomic E-state index is 12.8. The second-order valence-electron chi connectivity index (χ2n) is 6.42. The van der Waals surface area contributed by atoms with E-state index in [-0.39, 0.29) is 41.2 Å². The number of nitrogens with one attached hydrogen (secondary N) is 1. The molecule has 1 aliphatic heterocycles. The molecule has 0 spiro atoms. The van der Waals surface area contributed by atoms with Crippen LogP contribution in [-0.4, -0.2) is 41.3 Å². The molecule has 2 atom stereocenters. The van der Waals surface area contributed by atoms with Crippen molar-refractivity contribution in [2.75, 3.05) is 18.4 Å². The van der Waals surface area contributed by atoms with Crippen molar-refractivity contribution >= 4 is 23.4 Å². The molecule has 0 radical (unpaired) electrons. The van der Waals surface area contributed by atoms with Gasteiger partial charge in [0.1, 0.15) is 0 Å². The number of hydrogen-bond donors (Lipinski definition) is 2. The van der Waals surface area contributed by atoms with Crippen molar-refractivity contribution in [3.8, 4) is 0 Å². The van der Waals surface area contributed by atoms with Crippen molar-refractivity contribution in [2.45, 2.75) is 32.7 Å². The Morgan fingerprint density at radius 1 is 1.30 bits per heavy atom. The third-order valence-corrected chi connectivity index (χ3v) is 4.58. The number of carbonyl (C=O) groups is 3. The Kier molecular flexibility index (Phi) is 5.15. The Morgan fingerprint density at radius 2 is 1.96 bits per heavy atom. The van der Waals surface area contributed by atoms with E-state index in [9.17, 15) is 14.4 Å². The molecule has 3 N–H and O–H groups in total. The van der Waals surface area contributed by atoms with Gasteiger partial charge in [-0.2, -0.15) is 0 Å². The Hall–Kier alpha value is -2.21. The van der Waals surface area contributed by atoms with Gasteiger partial charge in [0.25, 0.3) is 5.91 Å². The predicted octanol–water partition coefficient (Wildman–Crippen LogP) is 1.27. The zero-order valence-electron chi connectivity index (χ0n) is 13.6. The lowest BCUT2D eigenvalue weighted by atomic mass is 10.0. The number of hydrogen-bond acceptors (Lipinski definition) is 3. The van der Waals surface area contributed by atoms with Gasteiger partial charge in [-0.1, -0.05) is 18.2 Å². The van der Waals surface area contributed by atoms with Crippen LogP contribution < -0.4 is 11.1 Å². The van der Waals surface area contributed by atoms with Crippen LogP contribution in [0.5, 0.6) is 0 Å². The molecular formula is C17H24N3O3+. The minimum atomic E-state index is -0.471. The Bertz CT molecular complexity index is 600. The molecule has 1 aromatic carbocycles. The van der Waals surface area contributed by atoms with Crippen LogP contribution in [0.15, 0.2) is 30.3 Å². The minimum Gasteiger partial charge on any atom is -0.370 e. The number of carbonyl (C=O) groups excluding carboxylic acids is 3. The molecule has 1 saturated heterocycles. The number of quaternary nitrogens is 1. The second kappa shape index (κ2) is 6.91. The van der Waals surface area contributed by atoms with Gasteiger partial charge in [0.15, 0.2) is 6.54 Å². The van der Waals surface area contributed by atoms with E-state index >= 15 is 0 Å². The summed E-state index contributed by atoms with van der Waals surface area (Å²) in [5, 5.41) is 2.83. The smallest absolute Gasteiger partial charge is 0.318 e. The molecular weight excluding hydrogens is 294 g/mol. The summed E-state index contributed by atoms with van der Waals surface area (Å²) in [6.45, 7) is 4.51. The fourth-order valence-electron chi connectivity index (χ4n) is 3.25. The lowest BCUT2D eigenvalue weighted by Gasteiger charge is -2.35. The molecule has 6 nitrogen and oxygen atoms in total. The Labute approximate surface area is 136 Å². The molecule has 0 aliphatic carbocycles. The van der Waals surface area contributed by atoms with E-state index in [0.717, 1.165) is 0 Å². The first kappa shape index (κ1) is 17.1. The largest absolute Gasteiger partial charge is 0.370 e. The van der Waals surface area contributed by atoms with Gasteiger partial charge in [0.05, 0.1) is 18.5 Å². The summed E-state index contributed by atoms with van der Waals surface area (Å²) in [5.74, 6) is -1.10. The monoisotopic (exact) mass is 318 g/mol. The first-order chi connectivity index (χ1) is 10.8. The quantitative estimate of drug-likeness (QED) is 0.774. The summed E-state index contributed by atoms with van der Waals surface area (Å²) in [4.78, 5) is 36.3. The number of nitrogens with zero attached hydrogens (tertiary/aromatic N) is 1. The number of anilines is 1. The summed E-state index contributed by atoms with van der Waals surface area (Å²) in [7, 11) is 0. The number of benzene rings is 1. The summed E-state index contributed by atoms with van der Waals surface area (Å²) in [6, 6.07) is 9.13. The topological polar surface area (TPSA) is 89.3 Å². The zero-order valence-corrected chi connectivity index (χ0v) is 13.6. The summed E-state index contributed by atoms with van der Waals surface area (Å²) < 4.78 is 0.0800. The fraction of sp³-hybridized carbons (Fsp3) is 0.471. The van der Waals surface area contributed by atoms with E-state index < -0.39 is 5.91 Å². The van der Waals surface area contributed by atoms with E-state index in [1.54, 1.807) is 12.1 Å². The van der Waals surface area contributed by atoms with Gasteiger partial charge in [-0.25, -0.2) is 4.79 Å². The van der Waals surface area contributed by atoms with Crippen LogP contribution in [0.3, 0.4) is 0 Å². The molecule has 1 fully saturated rings. The molecule has 2 rings (SSSR count). The Balaban J connectivity index is 2.11. The summed E-state index contributed by atoms with van der Waals surface area (Å²) >= 11 is 0. The van der Waals surface area contributed by atoms with Crippen LogP contribution in [0, 0.1) is 5.92 Å². The van der Waals surface area contributed by atoms with Crippen molar-refractivity contribution in [1.82, 2.24) is 0 Å². The zero-order chi connectivity index (χ0) is 17.0. The molecule has 3 amide bonds. The van der Waals surface area contributed by atoms with Crippen LogP contribution in [0.4, 0.5) is 5.69 Å². The standard InChI is InChI=1S/C17H23N3O3/c1-12(2)20(9-8-13(17(20)23)10-15(18)21)11-16(22)19-14-6-4-3-5-7-14/h3-7,12-13H,8-11H2,1-2H3,(H2-,18,19,21,22)/p+1. The van der Waals surface area contributed by atoms with E-state index in [2.05, 4.69) is 5.32 Å². The first-order valence-electron chi connectivity index (χ1n) is 7.89. The molecule has 0 aromatic heterocycles. The van der Waals surface area contributed by atoms with Gasteiger partial charge in [-0.05, 0) is 26.0 Å². The molecule has 1 heterocycles. The molecule has 23 heavy (non-hydrogen) atoms. The Morgan fingerprint density at radius 3 is 2.52 bits per heavy atom. The summed E-state index contributed by atoms with van der Waals surface area (Å²) in [6.07, 6.45) is 0.657. The number of nitrogens with two attached hydrogens (primary N) is 1. The minimum absolute atomic E-state index is 0.0260. The van der Waals surface area contributed by atoms with E-state index in [0.29, 0.717) is 18.7 Å². The summed E-state index contributed by atoms with van der Waals surface area (Å²) in [5.41, 5.74) is 5.93. The molecule has 0 bridgehead atoms. The van der Waals surface area contributed by atoms with E-state index in [4.69, 9.17) is 5.73 Å². The van der Waals surface area contributed by atoms with Crippen LogP contribution >= 0.6 is 0 Å². The van der Waals surface area contributed by atoms with Gasteiger partial charge in [-0.15, -0.1) is 0 Å². The molecule has 124 valence electrons. The highest BCUT2D eigenvalue weighted by molar-refractivity contribution is 5.93. The predicted molar refractivity (Wildman–Crippen MR) is 87.1 cm³/mol. The molecule has 1 aliphatic rings. The van der Waals surface area contributed by atoms with Crippen molar-refractivity contribution in [2.24, 2.45) is 11.7 Å². The van der Waals surface area contributed by atoms with Crippen LogP contribution in [0.2, 0.25) is 0 Å². The third-order valence-electron chi connectivity index (χ3n) is 4.58. The highest BCUT2D eigenvalue weighted by Gasteiger charge is 2.51. The fourth-order valence-corrected chi connectivity index (χ4v) is 3.25. The van der Waals surface area contributed by atoms with Crippen molar-refractivity contribution in [3.63, 3.8) is 0 Å². The van der Waals surface area contributed by atoms with Crippen molar-refractivity contribution in [3.05, 3.63) is 30.3 Å². The lowest BCUT2D eigenvalue weighted by molar-refractivity contribution is -0.860. The number of rotatable bonds is 6. The average Bonchev–Trinajstić information content (AvgIpc) is 2.78. The number of likely N-dealkylation sites (tertiary alicyclic amines) is 1. The normalized spacial score (nSPS) is 24.0. The van der Waals surface area contributed by atoms with E-state index in [1.165, 1.54) is 0 Å². The third kappa shape index (κ3) is 3.76. The number of para-hydroxylation sites is 1. The molecule has 1 aromatic rings. The average molecular weight is 318 g/mol. The number of primary amides is 1. The van der Waals surface area contributed by atoms with Gasteiger partial charge < -0.3 is 11.1 Å². The molecule has 6 heteroatoms.